The summed E-state index contributed by atoms with van der Waals surface area (Å²) in [6.45, 7) is 7.65. The van der Waals surface area contributed by atoms with E-state index in [1.54, 1.807) is 0 Å². The molecule has 2 heterocycles. The Kier molecular flexibility index (Phi) is 4.30. The largest absolute Gasteiger partial charge is 0.332 e. The number of aromatic nitrogens is 3. The Labute approximate surface area is 159 Å². The molecule has 0 spiro atoms. The topological polar surface area (TPSA) is 51.0 Å². The minimum atomic E-state index is -0.395. The van der Waals surface area contributed by atoms with E-state index in [1.807, 2.05) is 29.2 Å². The standard InChI is InChI=1S/C20H25ClN4O/c1-13(2)18-23-22-17-12-24(11-14(3)25(17)18)19(26)20(9-4-10-20)15-5-7-16(21)8-6-15/h5-8,13-14H,4,9-12H2,1-3H3/t14-/m0/s1. The zero-order valence-electron chi connectivity index (χ0n) is 15.6. The highest BCUT2D eigenvalue weighted by Gasteiger charge is 2.48. The summed E-state index contributed by atoms with van der Waals surface area (Å²) in [4.78, 5) is 15.5. The van der Waals surface area contributed by atoms with Gasteiger partial charge >= 0.3 is 0 Å². The summed E-state index contributed by atoms with van der Waals surface area (Å²) in [6, 6.07) is 7.97. The van der Waals surface area contributed by atoms with Crippen LogP contribution in [-0.2, 0) is 16.8 Å². The molecule has 1 aliphatic carbocycles. The molecular formula is C20H25ClN4O. The maximum atomic E-state index is 13.5. The van der Waals surface area contributed by atoms with Crippen molar-refractivity contribution in [3.05, 3.63) is 46.5 Å². The minimum absolute atomic E-state index is 0.192. The summed E-state index contributed by atoms with van der Waals surface area (Å²) in [5, 5.41) is 9.44. The zero-order valence-corrected chi connectivity index (χ0v) is 16.3. The molecule has 1 aromatic carbocycles. The maximum absolute atomic E-state index is 13.5. The quantitative estimate of drug-likeness (QED) is 0.815. The first-order valence-corrected chi connectivity index (χ1v) is 9.79. The molecule has 0 radical (unpaired) electrons. The Morgan fingerprint density at radius 3 is 2.50 bits per heavy atom. The second-order valence-electron chi connectivity index (χ2n) is 7.98. The van der Waals surface area contributed by atoms with Crippen molar-refractivity contribution in [2.45, 2.75) is 64.0 Å². The number of hydrogen-bond donors (Lipinski definition) is 0. The monoisotopic (exact) mass is 372 g/mol. The lowest BCUT2D eigenvalue weighted by Crippen LogP contribution is -2.53. The summed E-state index contributed by atoms with van der Waals surface area (Å²) in [6.07, 6.45) is 2.90. The number of benzene rings is 1. The van der Waals surface area contributed by atoms with Gasteiger partial charge in [0, 0.05) is 17.5 Å². The summed E-state index contributed by atoms with van der Waals surface area (Å²) >= 11 is 6.04. The minimum Gasteiger partial charge on any atom is -0.332 e. The highest BCUT2D eigenvalue weighted by Crippen LogP contribution is 2.46. The normalized spacial score (nSPS) is 21.4. The second kappa shape index (κ2) is 6.38. The van der Waals surface area contributed by atoms with Crippen molar-refractivity contribution >= 4 is 17.5 Å². The lowest BCUT2D eigenvalue weighted by Gasteiger charge is -2.45. The van der Waals surface area contributed by atoms with E-state index in [1.165, 1.54) is 0 Å². The van der Waals surface area contributed by atoms with Crippen LogP contribution in [0.5, 0.6) is 0 Å². The lowest BCUT2D eigenvalue weighted by atomic mass is 9.63. The van der Waals surface area contributed by atoms with Gasteiger partial charge < -0.3 is 9.47 Å². The molecule has 1 amide bonds. The highest BCUT2D eigenvalue weighted by molar-refractivity contribution is 6.30. The van der Waals surface area contributed by atoms with Crippen LogP contribution in [0.15, 0.2) is 24.3 Å². The van der Waals surface area contributed by atoms with Crippen molar-refractivity contribution in [1.29, 1.82) is 0 Å². The number of carbonyl (C=O) groups is 1. The molecule has 2 aliphatic rings. The molecule has 1 fully saturated rings. The van der Waals surface area contributed by atoms with Gasteiger partial charge in [0.25, 0.3) is 0 Å². The van der Waals surface area contributed by atoms with Gasteiger partial charge in [-0.1, -0.05) is 44.0 Å². The van der Waals surface area contributed by atoms with Gasteiger partial charge in [-0.2, -0.15) is 0 Å². The van der Waals surface area contributed by atoms with Crippen molar-refractivity contribution in [2.24, 2.45) is 0 Å². The van der Waals surface area contributed by atoms with Crippen LogP contribution in [0.4, 0.5) is 0 Å². The van der Waals surface area contributed by atoms with Gasteiger partial charge in [0.1, 0.15) is 5.82 Å². The SMILES string of the molecule is CC(C)c1nnc2n1[C@@H](C)CN(C(=O)C1(c3ccc(Cl)cc3)CCC1)C2. The molecule has 1 aromatic heterocycles. The van der Waals surface area contributed by atoms with Crippen LogP contribution < -0.4 is 0 Å². The van der Waals surface area contributed by atoms with Crippen LogP contribution >= 0.6 is 11.6 Å². The summed E-state index contributed by atoms with van der Waals surface area (Å²) in [7, 11) is 0. The molecule has 26 heavy (non-hydrogen) atoms. The molecule has 6 heteroatoms. The fraction of sp³-hybridized carbons (Fsp3) is 0.550. The first kappa shape index (κ1) is 17.5. The predicted molar refractivity (Wildman–Crippen MR) is 101 cm³/mol. The number of hydrogen-bond acceptors (Lipinski definition) is 3. The Morgan fingerprint density at radius 1 is 1.23 bits per heavy atom. The molecule has 138 valence electrons. The fourth-order valence-corrected chi connectivity index (χ4v) is 4.46. The van der Waals surface area contributed by atoms with Crippen LogP contribution in [0.1, 0.15) is 69.2 Å². The molecule has 1 aliphatic heterocycles. The molecule has 2 aromatic rings. The van der Waals surface area contributed by atoms with Crippen LogP contribution in [0.3, 0.4) is 0 Å². The molecular weight excluding hydrogens is 348 g/mol. The third kappa shape index (κ3) is 2.64. The van der Waals surface area contributed by atoms with Crippen molar-refractivity contribution in [3.8, 4) is 0 Å². The van der Waals surface area contributed by atoms with Crippen LogP contribution in [0.2, 0.25) is 5.02 Å². The fourth-order valence-electron chi connectivity index (χ4n) is 4.34. The third-order valence-electron chi connectivity index (χ3n) is 5.87. The number of nitrogens with zero attached hydrogens (tertiary/aromatic N) is 4. The lowest BCUT2D eigenvalue weighted by molar-refractivity contribution is -0.143. The van der Waals surface area contributed by atoms with E-state index < -0.39 is 5.41 Å². The first-order chi connectivity index (χ1) is 12.4. The van der Waals surface area contributed by atoms with Crippen LogP contribution in [0.25, 0.3) is 0 Å². The van der Waals surface area contributed by atoms with E-state index in [9.17, 15) is 4.79 Å². The van der Waals surface area contributed by atoms with Crippen molar-refractivity contribution in [2.75, 3.05) is 6.54 Å². The molecule has 4 rings (SSSR count). The first-order valence-electron chi connectivity index (χ1n) is 9.41. The number of amides is 1. The Morgan fingerprint density at radius 2 is 1.92 bits per heavy atom. The van der Waals surface area contributed by atoms with E-state index in [2.05, 4.69) is 35.5 Å². The zero-order chi connectivity index (χ0) is 18.5. The molecule has 1 atom stereocenters. The third-order valence-corrected chi connectivity index (χ3v) is 6.12. The van der Waals surface area contributed by atoms with Gasteiger partial charge in [0.05, 0.1) is 18.0 Å². The molecule has 0 unspecified atom stereocenters. The van der Waals surface area contributed by atoms with Crippen LogP contribution in [-0.4, -0.2) is 32.1 Å². The predicted octanol–water partition coefficient (Wildman–Crippen LogP) is 4.08. The Bertz CT molecular complexity index is 823. The maximum Gasteiger partial charge on any atom is 0.233 e. The van der Waals surface area contributed by atoms with E-state index in [4.69, 9.17) is 11.6 Å². The van der Waals surface area contributed by atoms with Gasteiger partial charge in [-0.15, -0.1) is 10.2 Å². The molecule has 1 saturated carbocycles. The smallest absolute Gasteiger partial charge is 0.233 e. The Hall–Kier alpha value is -1.88. The molecule has 5 nitrogen and oxygen atoms in total. The molecule has 0 bridgehead atoms. The van der Waals surface area contributed by atoms with E-state index >= 15 is 0 Å². The van der Waals surface area contributed by atoms with E-state index in [0.29, 0.717) is 24.0 Å². The van der Waals surface area contributed by atoms with Gasteiger partial charge in [-0.25, -0.2) is 0 Å². The molecule has 0 N–H and O–H groups in total. The Balaban J connectivity index is 1.63. The van der Waals surface area contributed by atoms with Gasteiger partial charge in [0.2, 0.25) is 5.91 Å². The van der Waals surface area contributed by atoms with Crippen molar-refractivity contribution in [1.82, 2.24) is 19.7 Å². The van der Waals surface area contributed by atoms with Crippen molar-refractivity contribution in [3.63, 3.8) is 0 Å². The molecule has 0 saturated heterocycles. The van der Waals surface area contributed by atoms with Crippen molar-refractivity contribution < 1.29 is 4.79 Å². The average Bonchev–Trinajstić information content (AvgIpc) is 3.00. The van der Waals surface area contributed by atoms with Gasteiger partial charge in [0.15, 0.2) is 5.82 Å². The van der Waals surface area contributed by atoms with Crippen LogP contribution in [0, 0.1) is 0 Å². The van der Waals surface area contributed by atoms with E-state index in [0.717, 1.165) is 36.5 Å². The van der Waals surface area contributed by atoms with E-state index in [-0.39, 0.29) is 11.9 Å². The average molecular weight is 373 g/mol. The number of fused-ring (bicyclic) bond motifs is 1. The summed E-state index contributed by atoms with van der Waals surface area (Å²) in [5.74, 6) is 2.45. The van der Waals surface area contributed by atoms with Gasteiger partial charge in [-0.3, -0.25) is 4.79 Å². The second-order valence-corrected chi connectivity index (χ2v) is 8.41. The summed E-state index contributed by atoms with van der Waals surface area (Å²) in [5.41, 5.74) is 0.689. The highest BCUT2D eigenvalue weighted by atomic mass is 35.5. The number of halogens is 1. The number of carbonyl (C=O) groups excluding carboxylic acids is 1. The van der Waals surface area contributed by atoms with Gasteiger partial charge in [-0.05, 0) is 37.5 Å². The number of rotatable bonds is 3. The summed E-state index contributed by atoms with van der Waals surface area (Å²) < 4.78 is 2.21.